The molecule has 0 aliphatic carbocycles. The number of hydrogen-bond acceptors (Lipinski definition) is 3. The van der Waals surface area contributed by atoms with Gasteiger partial charge < -0.3 is 5.11 Å². The van der Waals surface area contributed by atoms with Crippen molar-refractivity contribution in [2.24, 2.45) is 10.2 Å². The maximum Gasteiger partial charge on any atom is 0.115 e. The number of phenols is 1. The Morgan fingerprint density at radius 1 is 1.08 bits per heavy atom. The number of hydrogen-bond donors (Lipinski definition) is 1. The third-order valence-corrected chi connectivity index (χ3v) is 1.32. The second-order valence-corrected chi connectivity index (χ2v) is 3.89. The molecule has 0 saturated carbocycles. The summed E-state index contributed by atoms with van der Waals surface area (Å²) < 4.78 is 0. The van der Waals surface area contributed by atoms with Gasteiger partial charge in [0.05, 0.1) is 11.2 Å². The molecular weight excluding hydrogens is 164 g/mol. The van der Waals surface area contributed by atoms with Gasteiger partial charge in [0.25, 0.3) is 0 Å². The fourth-order valence-corrected chi connectivity index (χ4v) is 0.727. The van der Waals surface area contributed by atoms with Gasteiger partial charge in [0.2, 0.25) is 0 Å². The van der Waals surface area contributed by atoms with E-state index in [0.717, 1.165) is 5.69 Å². The summed E-state index contributed by atoms with van der Waals surface area (Å²) in [6.07, 6.45) is 0. The number of nitrogens with zero attached hydrogens (tertiary/aromatic N) is 2. The molecule has 0 aromatic heterocycles. The summed E-state index contributed by atoms with van der Waals surface area (Å²) >= 11 is 0. The fourth-order valence-electron chi connectivity index (χ4n) is 0.727. The van der Waals surface area contributed by atoms with Crippen LogP contribution in [-0.2, 0) is 0 Å². The first-order valence-electron chi connectivity index (χ1n) is 4.19. The molecule has 0 atom stereocenters. The Balaban J connectivity index is 2.75. The lowest BCUT2D eigenvalue weighted by Gasteiger charge is -2.08. The quantitative estimate of drug-likeness (QED) is 0.659. The highest BCUT2D eigenvalue weighted by molar-refractivity contribution is 5.39. The molecule has 0 spiro atoms. The fraction of sp³-hybridized carbons (Fsp3) is 0.400. The van der Waals surface area contributed by atoms with Crippen molar-refractivity contribution in [3.63, 3.8) is 0 Å². The standard InChI is InChI=1S/C10H14N2O/c1-10(2,3)12-11-8-4-6-9(13)7-5-8/h4-7,13H,1-3H3. The van der Waals surface area contributed by atoms with Crippen LogP contribution in [0.2, 0.25) is 0 Å². The molecule has 1 aromatic carbocycles. The number of rotatable bonds is 1. The Bertz CT molecular complexity index is 296. The lowest BCUT2D eigenvalue weighted by Crippen LogP contribution is -2.07. The van der Waals surface area contributed by atoms with Gasteiger partial charge in [0.1, 0.15) is 5.75 Å². The van der Waals surface area contributed by atoms with Crippen LogP contribution in [0.25, 0.3) is 0 Å². The normalized spacial score (nSPS) is 12.2. The third kappa shape index (κ3) is 3.69. The van der Waals surface area contributed by atoms with E-state index in [1.54, 1.807) is 24.3 Å². The Hall–Kier alpha value is -1.38. The minimum atomic E-state index is -0.155. The zero-order valence-electron chi connectivity index (χ0n) is 8.15. The summed E-state index contributed by atoms with van der Waals surface area (Å²) in [5, 5.41) is 17.1. The molecule has 0 heterocycles. The van der Waals surface area contributed by atoms with Gasteiger partial charge in [0.15, 0.2) is 0 Å². The van der Waals surface area contributed by atoms with Crippen LogP contribution in [0.15, 0.2) is 34.5 Å². The van der Waals surface area contributed by atoms with E-state index in [2.05, 4.69) is 10.2 Å². The van der Waals surface area contributed by atoms with Crippen LogP contribution in [0.1, 0.15) is 20.8 Å². The molecule has 1 aromatic rings. The summed E-state index contributed by atoms with van der Waals surface area (Å²) in [4.78, 5) is 0. The number of phenolic OH excluding ortho intramolecular Hbond substituents is 1. The van der Waals surface area contributed by atoms with Crippen molar-refractivity contribution in [1.29, 1.82) is 0 Å². The van der Waals surface area contributed by atoms with Crippen molar-refractivity contribution in [3.8, 4) is 5.75 Å². The molecule has 3 heteroatoms. The molecule has 70 valence electrons. The van der Waals surface area contributed by atoms with Crippen molar-refractivity contribution >= 4 is 5.69 Å². The van der Waals surface area contributed by atoms with E-state index in [-0.39, 0.29) is 11.3 Å². The smallest absolute Gasteiger partial charge is 0.115 e. The minimum Gasteiger partial charge on any atom is -0.508 e. The van der Waals surface area contributed by atoms with Crippen LogP contribution in [0.5, 0.6) is 5.75 Å². The minimum absolute atomic E-state index is 0.155. The monoisotopic (exact) mass is 178 g/mol. The maximum absolute atomic E-state index is 9.01. The Morgan fingerprint density at radius 3 is 2.08 bits per heavy atom. The molecule has 0 saturated heterocycles. The molecule has 1 rings (SSSR count). The second-order valence-electron chi connectivity index (χ2n) is 3.89. The van der Waals surface area contributed by atoms with Crippen molar-refractivity contribution in [1.82, 2.24) is 0 Å². The summed E-state index contributed by atoms with van der Waals surface area (Å²) in [5.41, 5.74) is 0.602. The van der Waals surface area contributed by atoms with Crippen LogP contribution in [-0.4, -0.2) is 10.6 Å². The molecule has 0 aliphatic heterocycles. The van der Waals surface area contributed by atoms with E-state index in [1.807, 2.05) is 20.8 Å². The lowest BCUT2D eigenvalue weighted by molar-refractivity contribution is 0.475. The van der Waals surface area contributed by atoms with Crippen molar-refractivity contribution in [2.75, 3.05) is 0 Å². The van der Waals surface area contributed by atoms with Crippen LogP contribution in [0, 0.1) is 0 Å². The molecule has 0 bridgehead atoms. The first kappa shape index (κ1) is 9.71. The molecule has 0 aliphatic rings. The summed E-state index contributed by atoms with van der Waals surface area (Å²) in [5.74, 6) is 0.245. The van der Waals surface area contributed by atoms with Crippen molar-refractivity contribution < 1.29 is 5.11 Å². The average Bonchev–Trinajstić information content (AvgIpc) is 2.02. The zero-order chi connectivity index (χ0) is 9.90. The third-order valence-electron chi connectivity index (χ3n) is 1.32. The first-order valence-corrected chi connectivity index (χ1v) is 4.19. The van der Waals surface area contributed by atoms with Crippen LogP contribution >= 0.6 is 0 Å². The second kappa shape index (κ2) is 3.56. The topological polar surface area (TPSA) is 45.0 Å². The molecule has 0 radical (unpaired) electrons. The highest BCUT2D eigenvalue weighted by Crippen LogP contribution is 2.19. The van der Waals surface area contributed by atoms with E-state index in [4.69, 9.17) is 5.11 Å². The van der Waals surface area contributed by atoms with Gasteiger partial charge in [-0.15, -0.1) is 0 Å². The van der Waals surface area contributed by atoms with Gasteiger partial charge in [-0.2, -0.15) is 10.2 Å². The van der Waals surface area contributed by atoms with E-state index >= 15 is 0 Å². The van der Waals surface area contributed by atoms with Gasteiger partial charge in [-0.1, -0.05) is 0 Å². The van der Waals surface area contributed by atoms with E-state index < -0.39 is 0 Å². The highest BCUT2D eigenvalue weighted by atomic mass is 16.3. The van der Waals surface area contributed by atoms with Crippen LogP contribution in [0.3, 0.4) is 0 Å². The molecular formula is C10H14N2O. The Kier molecular flexibility index (Phi) is 2.66. The van der Waals surface area contributed by atoms with Crippen molar-refractivity contribution in [3.05, 3.63) is 24.3 Å². The largest absolute Gasteiger partial charge is 0.508 e. The summed E-state index contributed by atoms with van der Waals surface area (Å²) in [7, 11) is 0. The van der Waals surface area contributed by atoms with E-state index in [1.165, 1.54) is 0 Å². The molecule has 1 N–H and O–H groups in total. The Morgan fingerprint density at radius 2 is 1.62 bits per heavy atom. The van der Waals surface area contributed by atoms with E-state index in [9.17, 15) is 0 Å². The number of benzene rings is 1. The molecule has 0 unspecified atom stereocenters. The maximum atomic E-state index is 9.01. The van der Waals surface area contributed by atoms with Crippen LogP contribution < -0.4 is 0 Å². The Labute approximate surface area is 78.1 Å². The average molecular weight is 178 g/mol. The number of aromatic hydroxyl groups is 1. The summed E-state index contributed by atoms with van der Waals surface area (Å²) in [6.45, 7) is 5.95. The van der Waals surface area contributed by atoms with Gasteiger partial charge in [-0.3, -0.25) is 0 Å². The predicted octanol–water partition coefficient (Wildman–Crippen LogP) is 3.27. The van der Waals surface area contributed by atoms with E-state index in [0.29, 0.717) is 0 Å². The molecule has 0 fully saturated rings. The highest BCUT2D eigenvalue weighted by Gasteiger charge is 2.06. The summed E-state index contributed by atoms with van der Waals surface area (Å²) in [6, 6.07) is 6.64. The molecule has 0 amide bonds. The van der Waals surface area contributed by atoms with Crippen molar-refractivity contribution in [2.45, 2.75) is 26.3 Å². The predicted molar refractivity (Wildman–Crippen MR) is 52.4 cm³/mol. The zero-order valence-corrected chi connectivity index (χ0v) is 8.15. The van der Waals surface area contributed by atoms with Gasteiger partial charge in [-0.05, 0) is 45.0 Å². The SMILES string of the molecule is CC(C)(C)N=Nc1ccc(O)cc1. The molecule has 3 nitrogen and oxygen atoms in total. The van der Waals surface area contributed by atoms with Gasteiger partial charge in [0, 0.05) is 0 Å². The van der Waals surface area contributed by atoms with Crippen LogP contribution in [0.4, 0.5) is 5.69 Å². The first-order chi connectivity index (χ1) is 5.97. The van der Waals surface area contributed by atoms with Gasteiger partial charge in [-0.25, -0.2) is 0 Å². The number of azo groups is 1. The molecule has 13 heavy (non-hydrogen) atoms. The van der Waals surface area contributed by atoms with Gasteiger partial charge >= 0.3 is 0 Å². The lowest BCUT2D eigenvalue weighted by atomic mass is 10.1.